The number of carbonyl (C=O) groups excluding carboxylic acids is 1. The Morgan fingerprint density at radius 1 is 1.35 bits per heavy atom. The number of alkyl halides is 3. The van der Waals surface area contributed by atoms with Gasteiger partial charge < -0.3 is 0 Å². The van der Waals surface area contributed by atoms with Crippen LogP contribution in [0.1, 0.15) is 50.2 Å². The molecule has 0 saturated heterocycles. The van der Waals surface area contributed by atoms with E-state index in [0.717, 1.165) is 18.9 Å². The smallest absolute Gasteiger partial charge is 0.294 e. The molecule has 2 aliphatic carbocycles. The van der Waals surface area contributed by atoms with Gasteiger partial charge >= 0.3 is 6.18 Å². The van der Waals surface area contributed by atoms with Gasteiger partial charge in [0.15, 0.2) is 5.78 Å². The van der Waals surface area contributed by atoms with Gasteiger partial charge in [0, 0.05) is 17.2 Å². The number of hydrogen-bond acceptors (Lipinski definition) is 2. The zero-order chi connectivity index (χ0) is 18.7. The highest BCUT2D eigenvalue weighted by Crippen LogP contribution is 2.59. The van der Waals surface area contributed by atoms with Gasteiger partial charge in [-0.25, -0.2) is 4.39 Å². The number of ketones is 1. The molecule has 0 fully saturated rings. The molecule has 0 amide bonds. The number of unbranched alkanes of at least 4 members (excludes halogenated alkanes) is 1. The van der Waals surface area contributed by atoms with Crippen molar-refractivity contribution in [3.8, 4) is 0 Å². The zero-order valence-corrected chi connectivity index (χ0v) is 14.3. The Morgan fingerprint density at radius 3 is 2.81 bits per heavy atom. The highest BCUT2D eigenvalue weighted by atomic mass is 19.4. The third-order valence-electron chi connectivity index (χ3n) is 5.77. The molecule has 0 spiro atoms. The molecule has 138 valence electrons. The van der Waals surface area contributed by atoms with Crippen LogP contribution in [0.25, 0.3) is 16.5 Å². The lowest BCUT2D eigenvalue weighted by molar-refractivity contribution is -0.130. The first kappa shape index (κ1) is 17.2. The summed E-state index contributed by atoms with van der Waals surface area (Å²) in [5.74, 6) is -1.53. The summed E-state index contributed by atoms with van der Waals surface area (Å²) in [5.41, 5.74) is -0.735. The first-order valence-electron chi connectivity index (χ1n) is 8.78. The van der Waals surface area contributed by atoms with Gasteiger partial charge in [0.2, 0.25) is 0 Å². The Bertz CT molecular complexity index is 941. The maximum Gasteiger partial charge on any atom is 0.420 e. The molecule has 2 aromatic rings. The predicted molar refractivity (Wildman–Crippen MR) is 88.9 cm³/mol. The number of allylic oxidation sites excluding steroid dienone is 2. The molecule has 4 rings (SSSR count). The van der Waals surface area contributed by atoms with E-state index in [4.69, 9.17) is 0 Å². The summed E-state index contributed by atoms with van der Waals surface area (Å²) in [7, 11) is 0. The first-order valence-corrected chi connectivity index (χ1v) is 8.78. The fourth-order valence-corrected chi connectivity index (χ4v) is 4.64. The number of benzene rings is 1. The lowest BCUT2D eigenvalue weighted by Gasteiger charge is -2.37. The Balaban J connectivity index is 2.06. The van der Waals surface area contributed by atoms with Crippen LogP contribution < -0.4 is 0 Å². The van der Waals surface area contributed by atoms with Crippen LogP contribution in [0.2, 0.25) is 0 Å². The number of halogens is 4. The third kappa shape index (κ3) is 2.32. The van der Waals surface area contributed by atoms with E-state index >= 15 is 0 Å². The summed E-state index contributed by atoms with van der Waals surface area (Å²) in [6.07, 6.45) is -0.485. The van der Waals surface area contributed by atoms with Crippen LogP contribution in [-0.4, -0.2) is 22.2 Å². The maximum absolute atomic E-state index is 14.5. The molecule has 0 radical (unpaired) electrons. The van der Waals surface area contributed by atoms with Crippen molar-refractivity contribution >= 4 is 22.3 Å². The highest BCUT2D eigenvalue weighted by molar-refractivity contribution is 6.09. The Kier molecular flexibility index (Phi) is 3.75. The van der Waals surface area contributed by atoms with Gasteiger partial charge in [-0.2, -0.15) is 18.3 Å². The average Bonchev–Trinajstić information content (AvgIpc) is 3.16. The lowest BCUT2D eigenvalue weighted by Crippen LogP contribution is -2.34. The number of carbonyl (C=O) groups is 1. The number of fused-ring (bicyclic) bond motifs is 5. The van der Waals surface area contributed by atoms with E-state index in [1.54, 1.807) is 0 Å². The van der Waals surface area contributed by atoms with Crippen molar-refractivity contribution in [3.05, 3.63) is 34.8 Å². The number of H-pyrrole nitrogens is 1. The van der Waals surface area contributed by atoms with Crippen molar-refractivity contribution in [2.24, 2.45) is 5.41 Å². The van der Waals surface area contributed by atoms with Gasteiger partial charge in [0.1, 0.15) is 16.9 Å². The molecule has 26 heavy (non-hydrogen) atoms. The van der Waals surface area contributed by atoms with Crippen LogP contribution in [0.5, 0.6) is 0 Å². The summed E-state index contributed by atoms with van der Waals surface area (Å²) in [5, 5.41) is 6.94. The second-order valence-electron chi connectivity index (χ2n) is 7.27. The number of aromatic amines is 1. The standard InChI is InChI=1S/C19H18F4N2O/c1-2-3-5-18-6-4-14(26)16(19(21,22)23)15(18)10-7-13(20)17-12(9-24-25-17)11(10)8-18/h7,9H,2-6,8H2,1H3,(H,24,25). The topological polar surface area (TPSA) is 45.8 Å². The SMILES string of the molecule is CCCCC12CCC(=O)C(C(F)(F)F)=C1c1cc(F)c3[nH]ncc3c1C2. The zero-order valence-electron chi connectivity index (χ0n) is 14.3. The molecule has 7 heteroatoms. The molecule has 1 unspecified atom stereocenters. The van der Waals surface area contributed by atoms with Crippen molar-refractivity contribution in [1.29, 1.82) is 0 Å². The second kappa shape index (κ2) is 5.66. The molecule has 1 aromatic heterocycles. The van der Waals surface area contributed by atoms with Crippen molar-refractivity contribution in [2.75, 3.05) is 0 Å². The van der Waals surface area contributed by atoms with Crippen LogP contribution in [0.3, 0.4) is 0 Å². The van der Waals surface area contributed by atoms with E-state index in [-0.39, 0.29) is 23.1 Å². The van der Waals surface area contributed by atoms with E-state index in [0.29, 0.717) is 30.2 Å². The van der Waals surface area contributed by atoms with Crippen LogP contribution in [0.15, 0.2) is 17.8 Å². The summed E-state index contributed by atoms with van der Waals surface area (Å²) in [6, 6.07) is 1.14. The fourth-order valence-electron chi connectivity index (χ4n) is 4.64. The summed E-state index contributed by atoms with van der Waals surface area (Å²) in [6.45, 7) is 1.98. The molecular weight excluding hydrogens is 348 g/mol. The van der Waals surface area contributed by atoms with Crippen LogP contribution in [0, 0.1) is 11.2 Å². The molecule has 0 aliphatic heterocycles. The minimum atomic E-state index is -4.74. The van der Waals surface area contributed by atoms with Crippen molar-refractivity contribution in [2.45, 2.75) is 51.6 Å². The van der Waals surface area contributed by atoms with Gasteiger partial charge in [0.05, 0.1) is 6.20 Å². The van der Waals surface area contributed by atoms with Crippen molar-refractivity contribution in [1.82, 2.24) is 10.2 Å². The summed E-state index contributed by atoms with van der Waals surface area (Å²) >= 11 is 0. The number of nitrogens with zero attached hydrogens (tertiary/aromatic N) is 1. The van der Waals surface area contributed by atoms with E-state index < -0.39 is 28.8 Å². The molecule has 1 aromatic carbocycles. The van der Waals surface area contributed by atoms with Crippen LogP contribution in [-0.2, 0) is 11.2 Å². The highest BCUT2D eigenvalue weighted by Gasteiger charge is 2.53. The van der Waals surface area contributed by atoms with Gasteiger partial charge in [-0.05, 0) is 42.0 Å². The monoisotopic (exact) mass is 366 g/mol. The summed E-state index contributed by atoms with van der Waals surface area (Å²) < 4.78 is 55.8. The number of Topliss-reactive ketones (excluding diaryl/α,β-unsaturated/α-hetero) is 1. The average molecular weight is 366 g/mol. The molecule has 2 aliphatic rings. The minimum Gasteiger partial charge on any atom is -0.294 e. The molecule has 3 nitrogen and oxygen atoms in total. The number of hydrogen-bond donors (Lipinski definition) is 1. The summed E-state index contributed by atoms with van der Waals surface area (Å²) in [4.78, 5) is 12.2. The quantitative estimate of drug-likeness (QED) is 0.767. The molecule has 1 N–H and O–H groups in total. The van der Waals surface area contributed by atoms with Gasteiger partial charge in [-0.3, -0.25) is 9.89 Å². The van der Waals surface area contributed by atoms with Crippen LogP contribution >= 0.6 is 0 Å². The Morgan fingerprint density at radius 2 is 2.12 bits per heavy atom. The molecule has 1 heterocycles. The second-order valence-corrected chi connectivity index (χ2v) is 7.27. The minimum absolute atomic E-state index is 0.00620. The van der Waals surface area contributed by atoms with E-state index in [1.165, 1.54) is 6.20 Å². The lowest BCUT2D eigenvalue weighted by atomic mass is 9.67. The fraction of sp³-hybridized carbons (Fsp3) is 0.474. The van der Waals surface area contributed by atoms with Gasteiger partial charge in [-0.1, -0.05) is 19.8 Å². The first-order chi connectivity index (χ1) is 12.3. The number of nitrogens with one attached hydrogen (secondary N) is 1. The van der Waals surface area contributed by atoms with Crippen molar-refractivity contribution in [3.63, 3.8) is 0 Å². The molecular formula is C19H18F4N2O. The number of aromatic nitrogens is 2. The Hall–Kier alpha value is -2.18. The van der Waals surface area contributed by atoms with E-state index in [2.05, 4.69) is 10.2 Å². The van der Waals surface area contributed by atoms with Crippen LogP contribution in [0.4, 0.5) is 17.6 Å². The normalized spacial score (nSPS) is 22.9. The molecule has 0 saturated carbocycles. The maximum atomic E-state index is 14.5. The molecule has 0 bridgehead atoms. The van der Waals surface area contributed by atoms with Crippen molar-refractivity contribution < 1.29 is 22.4 Å². The van der Waals surface area contributed by atoms with Gasteiger partial charge in [-0.15, -0.1) is 0 Å². The largest absolute Gasteiger partial charge is 0.420 e. The predicted octanol–water partition coefficient (Wildman–Crippen LogP) is 5.11. The van der Waals surface area contributed by atoms with Gasteiger partial charge in [0.25, 0.3) is 0 Å². The third-order valence-corrected chi connectivity index (χ3v) is 5.77. The Labute approximate surface area is 147 Å². The van der Waals surface area contributed by atoms with E-state index in [1.807, 2.05) is 6.92 Å². The number of rotatable bonds is 3. The van der Waals surface area contributed by atoms with E-state index in [9.17, 15) is 22.4 Å². The molecule has 1 atom stereocenters.